The molecule has 1 heterocycles. The van der Waals surface area contributed by atoms with E-state index in [-0.39, 0.29) is 25.3 Å². The van der Waals surface area contributed by atoms with E-state index >= 15 is 0 Å². The fourth-order valence-corrected chi connectivity index (χ4v) is 2.50. The molecule has 2 rings (SSSR count). The van der Waals surface area contributed by atoms with Crippen LogP contribution in [0.5, 0.6) is 0 Å². The molecule has 1 aromatic rings. The van der Waals surface area contributed by atoms with Gasteiger partial charge in [0, 0.05) is 13.0 Å². The topological polar surface area (TPSA) is 49.4 Å². The van der Waals surface area contributed by atoms with E-state index in [9.17, 15) is 22.8 Å². The zero-order valence-electron chi connectivity index (χ0n) is 12.1. The van der Waals surface area contributed by atoms with Gasteiger partial charge in [-0.25, -0.2) is 0 Å². The monoisotopic (exact) mass is 314 g/mol. The molecule has 0 spiro atoms. The maximum Gasteiger partial charge on any atom is 0.406 e. The molecule has 4 nitrogen and oxygen atoms in total. The Labute approximate surface area is 126 Å². The fourth-order valence-electron chi connectivity index (χ4n) is 2.50. The molecule has 1 aliphatic rings. The third kappa shape index (κ3) is 4.47. The number of carbonyl (C=O) groups excluding carboxylic acids is 2. The van der Waals surface area contributed by atoms with Crippen molar-refractivity contribution in [1.82, 2.24) is 10.2 Å². The van der Waals surface area contributed by atoms with Crippen molar-refractivity contribution in [3.8, 4) is 0 Å². The van der Waals surface area contributed by atoms with Crippen molar-refractivity contribution in [3.63, 3.8) is 0 Å². The van der Waals surface area contributed by atoms with Crippen LogP contribution in [-0.4, -0.2) is 42.0 Å². The molecule has 0 aromatic heterocycles. The van der Waals surface area contributed by atoms with Gasteiger partial charge in [0.25, 0.3) is 0 Å². The molecule has 1 saturated heterocycles. The van der Waals surface area contributed by atoms with Crippen LogP contribution in [0.25, 0.3) is 0 Å². The lowest BCUT2D eigenvalue weighted by atomic mass is 10.1. The lowest BCUT2D eigenvalue weighted by Crippen LogP contribution is -2.40. The van der Waals surface area contributed by atoms with Gasteiger partial charge in [0.2, 0.25) is 11.8 Å². The molecule has 1 aromatic carbocycles. The first-order valence-corrected chi connectivity index (χ1v) is 6.93. The van der Waals surface area contributed by atoms with Crippen LogP contribution in [0.2, 0.25) is 0 Å². The summed E-state index contributed by atoms with van der Waals surface area (Å²) in [7, 11) is 0. The number of carbonyl (C=O) groups is 2. The highest BCUT2D eigenvalue weighted by molar-refractivity contribution is 5.83. The van der Waals surface area contributed by atoms with Gasteiger partial charge in [-0.2, -0.15) is 13.2 Å². The Morgan fingerprint density at radius 3 is 2.68 bits per heavy atom. The minimum absolute atomic E-state index is 0.0877. The normalized spacial score (nSPS) is 18.6. The van der Waals surface area contributed by atoms with Gasteiger partial charge in [-0.1, -0.05) is 24.3 Å². The zero-order chi connectivity index (χ0) is 16.3. The standard InChI is InChI=1S/C15H17F3N2O2/c1-10-4-2-3-5-11(10)6-13(21)19-12-7-14(22)20(8-12)9-15(16,17)18/h2-5,12H,6-9H2,1H3,(H,19,21). The van der Waals surface area contributed by atoms with E-state index in [0.29, 0.717) is 0 Å². The molecule has 22 heavy (non-hydrogen) atoms. The predicted molar refractivity (Wildman–Crippen MR) is 74.1 cm³/mol. The van der Waals surface area contributed by atoms with Crippen LogP contribution in [0.15, 0.2) is 24.3 Å². The van der Waals surface area contributed by atoms with Crippen molar-refractivity contribution in [3.05, 3.63) is 35.4 Å². The molecular weight excluding hydrogens is 297 g/mol. The Morgan fingerprint density at radius 1 is 1.36 bits per heavy atom. The van der Waals surface area contributed by atoms with Crippen LogP contribution < -0.4 is 5.32 Å². The first-order valence-electron chi connectivity index (χ1n) is 6.93. The number of rotatable bonds is 4. The van der Waals surface area contributed by atoms with E-state index in [1.165, 1.54) is 0 Å². The molecule has 1 N–H and O–H groups in total. The van der Waals surface area contributed by atoms with Crippen molar-refractivity contribution < 1.29 is 22.8 Å². The summed E-state index contributed by atoms with van der Waals surface area (Å²) in [5.74, 6) is -0.875. The lowest BCUT2D eigenvalue weighted by Gasteiger charge is -2.18. The number of aryl methyl sites for hydroxylation is 1. The van der Waals surface area contributed by atoms with Gasteiger partial charge in [0.1, 0.15) is 6.54 Å². The first kappa shape index (κ1) is 16.3. The average molecular weight is 314 g/mol. The molecular formula is C15H17F3N2O2. The predicted octanol–water partition coefficient (Wildman–Crippen LogP) is 1.82. The summed E-state index contributed by atoms with van der Waals surface area (Å²) in [6, 6.07) is 6.82. The molecule has 7 heteroatoms. The van der Waals surface area contributed by atoms with Crippen molar-refractivity contribution in [1.29, 1.82) is 0 Å². The molecule has 120 valence electrons. The SMILES string of the molecule is Cc1ccccc1CC(=O)NC1CC(=O)N(CC(F)(F)F)C1. The van der Waals surface area contributed by atoms with Crippen molar-refractivity contribution in [2.24, 2.45) is 0 Å². The molecule has 0 bridgehead atoms. The number of nitrogens with one attached hydrogen (secondary N) is 1. The minimum atomic E-state index is -4.42. The highest BCUT2D eigenvalue weighted by atomic mass is 19.4. The third-order valence-electron chi connectivity index (χ3n) is 3.56. The van der Waals surface area contributed by atoms with Gasteiger partial charge in [-0.05, 0) is 18.1 Å². The van der Waals surface area contributed by atoms with Crippen LogP contribution in [0.1, 0.15) is 17.5 Å². The summed E-state index contributed by atoms with van der Waals surface area (Å²) >= 11 is 0. The Morgan fingerprint density at radius 2 is 2.05 bits per heavy atom. The summed E-state index contributed by atoms with van der Waals surface area (Å²) in [5.41, 5.74) is 1.83. The molecule has 1 atom stereocenters. The largest absolute Gasteiger partial charge is 0.406 e. The van der Waals surface area contributed by atoms with Crippen molar-refractivity contribution >= 4 is 11.8 Å². The number of likely N-dealkylation sites (tertiary alicyclic amines) is 1. The highest BCUT2D eigenvalue weighted by Crippen LogP contribution is 2.21. The Kier molecular flexibility index (Phi) is 4.73. The van der Waals surface area contributed by atoms with Gasteiger partial charge in [-0.15, -0.1) is 0 Å². The molecule has 1 fully saturated rings. The van der Waals surface area contributed by atoms with Crippen LogP contribution in [-0.2, 0) is 16.0 Å². The van der Waals surface area contributed by atoms with Crippen LogP contribution in [0.4, 0.5) is 13.2 Å². The molecule has 1 unspecified atom stereocenters. The quantitative estimate of drug-likeness (QED) is 0.921. The van der Waals surface area contributed by atoms with Crippen LogP contribution in [0.3, 0.4) is 0 Å². The Hall–Kier alpha value is -2.05. The van der Waals surface area contributed by atoms with Gasteiger partial charge in [-0.3, -0.25) is 9.59 Å². The minimum Gasteiger partial charge on any atom is -0.351 e. The third-order valence-corrected chi connectivity index (χ3v) is 3.56. The maximum atomic E-state index is 12.3. The smallest absolute Gasteiger partial charge is 0.351 e. The highest BCUT2D eigenvalue weighted by Gasteiger charge is 2.38. The number of halogens is 3. The van der Waals surface area contributed by atoms with E-state index < -0.39 is 24.7 Å². The summed E-state index contributed by atoms with van der Waals surface area (Å²) in [6.07, 6.45) is -4.36. The average Bonchev–Trinajstić information content (AvgIpc) is 2.70. The molecule has 2 amide bonds. The van der Waals surface area contributed by atoms with E-state index in [1.54, 1.807) is 0 Å². The number of benzene rings is 1. The second kappa shape index (κ2) is 6.37. The van der Waals surface area contributed by atoms with Gasteiger partial charge >= 0.3 is 6.18 Å². The molecule has 0 radical (unpaired) electrons. The van der Waals surface area contributed by atoms with E-state index in [2.05, 4.69) is 5.32 Å². The molecule has 0 saturated carbocycles. The zero-order valence-corrected chi connectivity index (χ0v) is 12.1. The summed E-state index contributed by atoms with van der Waals surface area (Å²) in [4.78, 5) is 24.2. The van der Waals surface area contributed by atoms with Gasteiger partial charge < -0.3 is 10.2 Å². The molecule has 1 aliphatic heterocycles. The summed E-state index contributed by atoms with van der Waals surface area (Å²) in [6.45, 7) is 0.515. The van der Waals surface area contributed by atoms with Crippen molar-refractivity contribution in [2.45, 2.75) is 32.0 Å². The van der Waals surface area contributed by atoms with Gasteiger partial charge in [0.05, 0.1) is 12.5 Å². The first-order chi connectivity index (χ1) is 10.2. The van der Waals surface area contributed by atoms with Crippen LogP contribution >= 0.6 is 0 Å². The maximum absolute atomic E-state index is 12.3. The van der Waals surface area contributed by atoms with Gasteiger partial charge in [0.15, 0.2) is 0 Å². The Balaban J connectivity index is 1.88. The molecule has 0 aliphatic carbocycles. The van der Waals surface area contributed by atoms with Crippen molar-refractivity contribution in [2.75, 3.05) is 13.1 Å². The number of amides is 2. The number of hydrogen-bond acceptors (Lipinski definition) is 2. The summed E-state index contributed by atoms with van der Waals surface area (Å²) in [5, 5.41) is 2.63. The summed E-state index contributed by atoms with van der Waals surface area (Å²) < 4.78 is 37.0. The van der Waals surface area contributed by atoms with Crippen LogP contribution in [0, 0.1) is 6.92 Å². The fraction of sp³-hybridized carbons (Fsp3) is 0.467. The number of nitrogens with zero attached hydrogens (tertiary/aromatic N) is 1. The Bertz CT molecular complexity index is 572. The van der Waals surface area contributed by atoms with E-state index in [4.69, 9.17) is 0 Å². The second-order valence-corrected chi connectivity index (χ2v) is 5.46. The second-order valence-electron chi connectivity index (χ2n) is 5.46. The van der Waals surface area contributed by atoms with E-state index in [0.717, 1.165) is 16.0 Å². The number of hydrogen-bond donors (Lipinski definition) is 1. The lowest BCUT2D eigenvalue weighted by molar-refractivity contribution is -0.157. The van der Waals surface area contributed by atoms with E-state index in [1.807, 2.05) is 31.2 Å². The number of alkyl halides is 3.